The number of halogens is 1. The SMILES string of the molecule is CN=C(NCc1cc(C)oc1C)NC1CCN(C2CCCC2)CC1.I. The van der Waals surface area contributed by atoms with Gasteiger partial charge in [0.1, 0.15) is 11.5 Å². The number of piperidine rings is 1. The van der Waals surface area contributed by atoms with Gasteiger partial charge in [-0.2, -0.15) is 0 Å². The van der Waals surface area contributed by atoms with Gasteiger partial charge in [0.05, 0.1) is 0 Å². The van der Waals surface area contributed by atoms with Crippen molar-refractivity contribution in [3.05, 3.63) is 23.2 Å². The molecule has 2 aliphatic rings. The molecule has 0 radical (unpaired) electrons. The van der Waals surface area contributed by atoms with Crippen LogP contribution in [0.15, 0.2) is 15.5 Å². The van der Waals surface area contributed by atoms with Crippen LogP contribution in [0.3, 0.4) is 0 Å². The lowest BCUT2D eigenvalue weighted by atomic mass is 10.0. The summed E-state index contributed by atoms with van der Waals surface area (Å²) in [5.41, 5.74) is 1.20. The van der Waals surface area contributed by atoms with Crippen molar-refractivity contribution < 1.29 is 4.42 Å². The van der Waals surface area contributed by atoms with Crippen LogP contribution in [0.1, 0.15) is 55.6 Å². The molecule has 1 aromatic heterocycles. The van der Waals surface area contributed by atoms with Crippen LogP contribution in [0.2, 0.25) is 0 Å². The van der Waals surface area contributed by atoms with E-state index in [2.05, 4.69) is 26.6 Å². The summed E-state index contributed by atoms with van der Waals surface area (Å²) in [6.07, 6.45) is 8.08. The number of hydrogen-bond acceptors (Lipinski definition) is 3. The number of rotatable bonds is 4. The van der Waals surface area contributed by atoms with Crippen LogP contribution in [-0.2, 0) is 6.54 Å². The van der Waals surface area contributed by atoms with Gasteiger partial charge in [0.15, 0.2) is 5.96 Å². The molecule has 1 aromatic rings. The van der Waals surface area contributed by atoms with Gasteiger partial charge in [0.2, 0.25) is 0 Å². The summed E-state index contributed by atoms with van der Waals surface area (Å²) < 4.78 is 5.59. The highest BCUT2D eigenvalue weighted by Crippen LogP contribution is 2.26. The molecule has 6 heteroatoms. The van der Waals surface area contributed by atoms with Crippen molar-refractivity contribution in [2.75, 3.05) is 20.1 Å². The van der Waals surface area contributed by atoms with Crippen molar-refractivity contribution in [3.8, 4) is 0 Å². The van der Waals surface area contributed by atoms with Crippen molar-refractivity contribution in [3.63, 3.8) is 0 Å². The molecule has 2 N–H and O–H groups in total. The Hall–Kier alpha value is -0.760. The number of nitrogens with one attached hydrogen (secondary N) is 2. The van der Waals surface area contributed by atoms with E-state index in [9.17, 15) is 0 Å². The molecule has 0 amide bonds. The minimum atomic E-state index is 0. The van der Waals surface area contributed by atoms with E-state index in [1.165, 1.54) is 57.2 Å². The zero-order valence-corrected chi connectivity index (χ0v) is 18.1. The van der Waals surface area contributed by atoms with Gasteiger partial charge < -0.3 is 20.0 Å². The molecule has 142 valence electrons. The molecule has 5 nitrogen and oxygen atoms in total. The van der Waals surface area contributed by atoms with Crippen LogP contribution < -0.4 is 10.6 Å². The number of hydrogen-bond donors (Lipinski definition) is 2. The lowest BCUT2D eigenvalue weighted by Gasteiger charge is -2.36. The molecule has 1 aliphatic heterocycles. The molecule has 1 aliphatic carbocycles. The van der Waals surface area contributed by atoms with E-state index >= 15 is 0 Å². The average Bonchev–Trinajstić information content (AvgIpc) is 3.22. The average molecular weight is 460 g/mol. The maximum atomic E-state index is 5.59. The monoisotopic (exact) mass is 460 g/mol. The van der Waals surface area contributed by atoms with Crippen LogP contribution in [0.5, 0.6) is 0 Å². The number of aliphatic imine (C=N–C) groups is 1. The first kappa shape index (κ1) is 20.6. The fraction of sp³-hybridized carbons (Fsp3) is 0.737. The van der Waals surface area contributed by atoms with Gasteiger partial charge >= 0.3 is 0 Å². The van der Waals surface area contributed by atoms with Crippen molar-refractivity contribution in [1.82, 2.24) is 15.5 Å². The number of nitrogens with zero attached hydrogens (tertiary/aromatic N) is 2. The zero-order valence-electron chi connectivity index (χ0n) is 15.8. The lowest BCUT2D eigenvalue weighted by molar-refractivity contribution is 0.150. The molecule has 1 saturated heterocycles. The van der Waals surface area contributed by atoms with Crippen LogP contribution >= 0.6 is 24.0 Å². The summed E-state index contributed by atoms with van der Waals surface area (Å²) in [5.74, 6) is 2.85. The standard InChI is InChI=1S/C19H32N4O.HI/c1-14-12-16(15(2)24-14)13-21-19(20-3)22-17-8-10-23(11-9-17)18-6-4-5-7-18;/h12,17-18H,4-11,13H2,1-3H3,(H2,20,21,22);1H. The smallest absolute Gasteiger partial charge is 0.191 e. The number of likely N-dealkylation sites (tertiary alicyclic amines) is 1. The Labute approximate surface area is 169 Å². The van der Waals surface area contributed by atoms with Crippen molar-refractivity contribution in [1.29, 1.82) is 0 Å². The molecular weight excluding hydrogens is 427 g/mol. The van der Waals surface area contributed by atoms with Gasteiger partial charge in [-0.25, -0.2) is 0 Å². The highest BCUT2D eigenvalue weighted by Gasteiger charge is 2.27. The van der Waals surface area contributed by atoms with E-state index in [0.717, 1.165) is 30.1 Å². The summed E-state index contributed by atoms with van der Waals surface area (Å²) in [5, 5.41) is 7.01. The summed E-state index contributed by atoms with van der Waals surface area (Å²) >= 11 is 0. The normalized spacial score (nSPS) is 20.5. The van der Waals surface area contributed by atoms with Crippen LogP contribution in [0.25, 0.3) is 0 Å². The predicted molar refractivity (Wildman–Crippen MR) is 114 cm³/mol. The predicted octanol–water partition coefficient (Wildman–Crippen LogP) is 3.59. The number of guanidine groups is 1. The summed E-state index contributed by atoms with van der Waals surface area (Å²) in [6, 6.07) is 3.48. The minimum Gasteiger partial charge on any atom is -0.466 e. The van der Waals surface area contributed by atoms with Crippen LogP contribution in [0.4, 0.5) is 0 Å². The zero-order chi connectivity index (χ0) is 16.9. The van der Waals surface area contributed by atoms with Crippen molar-refractivity contribution in [2.24, 2.45) is 4.99 Å². The van der Waals surface area contributed by atoms with Crippen LogP contribution in [0, 0.1) is 13.8 Å². The highest BCUT2D eigenvalue weighted by atomic mass is 127. The molecule has 0 unspecified atom stereocenters. The maximum absolute atomic E-state index is 5.59. The molecule has 3 rings (SSSR count). The molecule has 2 heterocycles. The molecule has 25 heavy (non-hydrogen) atoms. The summed E-state index contributed by atoms with van der Waals surface area (Å²) in [6.45, 7) is 7.20. The first-order chi connectivity index (χ1) is 11.7. The Kier molecular flexibility index (Phi) is 8.06. The van der Waals surface area contributed by atoms with E-state index < -0.39 is 0 Å². The van der Waals surface area contributed by atoms with Gasteiger partial charge in [-0.15, -0.1) is 24.0 Å². The Morgan fingerprint density at radius 3 is 2.44 bits per heavy atom. The first-order valence-corrected chi connectivity index (χ1v) is 9.43. The third-order valence-electron chi connectivity index (χ3n) is 5.53. The van der Waals surface area contributed by atoms with Gasteiger partial charge in [0, 0.05) is 44.3 Å². The third kappa shape index (κ3) is 5.61. The van der Waals surface area contributed by atoms with Crippen molar-refractivity contribution in [2.45, 2.75) is 71.0 Å². The van der Waals surface area contributed by atoms with E-state index in [1.807, 2.05) is 20.9 Å². The highest BCUT2D eigenvalue weighted by molar-refractivity contribution is 14.0. The largest absolute Gasteiger partial charge is 0.466 e. The first-order valence-electron chi connectivity index (χ1n) is 9.43. The molecule has 0 bridgehead atoms. The Morgan fingerprint density at radius 1 is 1.20 bits per heavy atom. The Morgan fingerprint density at radius 2 is 1.88 bits per heavy atom. The quantitative estimate of drug-likeness (QED) is 0.410. The topological polar surface area (TPSA) is 52.8 Å². The molecular formula is C19H33IN4O. The Bertz CT molecular complexity index is 558. The van der Waals surface area contributed by atoms with Crippen molar-refractivity contribution >= 4 is 29.9 Å². The molecule has 0 aromatic carbocycles. The molecule has 2 fully saturated rings. The van der Waals surface area contributed by atoms with Crippen LogP contribution in [-0.4, -0.2) is 43.1 Å². The van der Waals surface area contributed by atoms with Gasteiger partial charge in [-0.3, -0.25) is 4.99 Å². The van der Waals surface area contributed by atoms with E-state index in [-0.39, 0.29) is 24.0 Å². The summed E-state index contributed by atoms with van der Waals surface area (Å²) in [4.78, 5) is 7.09. The second-order valence-corrected chi connectivity index (χ2v) is 7.26. The van der Waals surface area contributed by atoms with Gasteiger partial charge in [-0.1, -0.05) is 12.8 Å². The second-order valence-electron chi connectivity index (χ2n) is 7.26. The number of aryl methyl sites for hydroxylation is 2. The number of furan rings is 1. The van der Waals surface area contributed by atoms with Gasteiger partial charge in [0.25, 0.3) is 0 Å². The lowest BCUT2D eigenvalue weighted by Crippen LogP contribution is -2.50. The van der Waals surface area contributed by atoms with E-state index in [4.69, 9.17) is 4.42 Å². The Balaban J connectivity index is 0.00000225. The summed E-state index contributed by atoms with van der Waals surface area (Å²) in [7, 11) is 1.84. The fourth-order valence-electron chi connectivity index (χ4n) is 4.10. The third-order valence-corrected chi connectivity index (χ3v) is 5.53. The van der Waals surface area contributed by atoms with E-state index in [0.29, 0.717) is 6.04 Å². The maximum Gasteiger partial charge on any atom is 0.191 e. The second kappa shape index (κ2) is 9.80. The minimum absolute atomic E-state index is 0. The fourth-order valence-corrected chi connectivity index (χ4v) is 4.10. The molecule has 0 spiro atoms. The molecule has 1 saturated carbocycles. The molecule has 0 atom stereocenters. The van der Waals surface area contributed by atoms with E-state index in [1.54, 1.807) is 0 Å². The van der Waals surface area contributed by atoms with Gasteiger partial charge in [-0.05, 0) is 45.6 Å².